The SMILES string of the molecule is Cc1ccccc1CN1C2c3ccccc3CC2OCCS1(=O)=O. The summed E-state index contributed by atoms with van der Waals surface area (Å²) in [6.07, 6.45) is 0.685. The van der Waals surface area contributed by atoms with E-state index in [2.05, 4.69) is 6.07 Å². The van der Waals surface area contributed by atoms with Gasteiger partial charge in [0.05, 0.1) is 24.5 Å². The molecule has 1 aliphatic carbocycles. The summed E-state index contributed by atoms with van der Waals surface area (Å²) in [5, 5.41) is 0. The molecule has 2 aromatic carbocycles. The predicted octanol–water partition coefficient (Wildman–Crippen LogP) is 2.82. The zero-order valence-corrected chi connectivity index (χ0v) is 14.5. The summed E-state index contributed by atoms with van der Waals surface area (Å²) >= 11 is 0. The number of sulfonamides is 1. The molecule has 1 fully saturated rings. The van der Waals surface area contributed by atoms with Crippen molar-refractivity contribution in [1.82, 2.24) is 4.31 Å². The zero-order chi connectivity index (χ0) is 16.7. The highest BCUT2D eigenvalue weighted by atomic mass is 32.2. The van der Waals surface area contributed by atoms with Gasteiger partial charge in [-0.2, -0.15) is 4.31 Å². The van der Waals surface area contributed by atoms with Crippen LogP contribution in [-0.2, 0) is 27.7 Å². The highest BCUT2D eigenvalue weighted by Gasteiger charge is 2.44. The van der Waals surface area contributed by atoms with Crippen molar-refractivity contribution in [3.8, 4) is 0 Å². The highest BCUT2D eigenvalue weighted by Crippen LogP contribution is 2.41. The smallest absolute Gasteiger partial charge is 0.217 e. The van der Waals surface area contributed by atoms with Crippen LogP contribution in [0.1, 0.15) is 28.3 Å². The summed E-state index contributed by atoms with van der Waals surface area (Å²) in [7, 11) is -3.36. The van der Waals surface area contributed by atoms with E-state index in [1.807, 2.05) is 49.4 Å². The van der Waals surface area contributed by atoms with Crippen LogP contribution >= 0.6 is 0 Å². The van der Waals surface area contributed by atoms with Gasteiger partial charge in [0.1, 0.15) is 0 Å². The van der Waals surface area contributed by atoms with Crippen LogP contribution in [0.5, 0.6) is 0 Å². The van der Waals surface area contributed by atoms with Crippen LogP contribution in [0.25, 0.3) is 0 Å². The van der Waals surface area contributed by atoms with Gasteiger partial charge in [-0.25, -0.2) is 8.42 Å². The van der Waals surface area contributed by atoms with Crippen LogP contribution < -0.4 is 0 Å². The van der Waals surface area contributed by atoms with Crippen LogP contribution in [0, 0.1) is 6.92 Å². The lowest BCUT2D eigenvalue weighted by Crippen LogP contribution is -2.37. The molecule has 24 heavy (non-hydrogen) atoms. The number of benzene rings is 2. The first-order chi connectivity index (χ1) is 11.6. The fourth-order valence-electron chi connectivity index (χ4n) is 3.78. The molecule has 1 heterocycles. The summed E-state index contributed by atoms with van der Waals surface area (Å²) < 4.78 is 33.4. The van der Waals surface area contributed by atoms with Crippen molar-refractivity contribution in [2.24, 2.45) is 0 Å². The number of hydrogen-bond acceptors (Lipinski definition) is 3. The summed E-state index contributed by atoms with van der Waals surface area (Å²) in [5.41, 5.74) is 4.44. The molecule has 0 spiro atoms. The second-order valence-electron chi connectivity index (χ2n) is 6.54. The van der Waals surface area contributed by atoms with E-state index in [4.69, 9.17) is 4.74 Å². The molecule has 2 aromatic rings. The van der Waals surface area contributed by atoms with Gasteiger partial charge in [-0.1, -0.05) is 48.5 Å². The van der Waals surface area contributed by atoms with E-state index in [-0.39, 0.29) is 24.5 Å². The van der Waals surface area contributed by atoms with Crippen molar-refractivity contribution in [2.75, 3.05) is 12.4 Å². The molecule has 2 unspecified atom stereocenters. The van der Waals surface area contributed by atoms with Crippen molar-refractivity contribution in [3.63, 3.8) is 0 Å². The van der Waals surface area contributed by atoms with Gasteiger partial charge in [-0.3, -0.25) is 0 Å². The van der Waals surface area contributed by atoms with E-state index >= 15 is 0 Å². The lowest BCUT2D eigenvalue weighted by Gasteiger charge is -2.30. The Morgan fingerprint density at radius 1 is 1.12 bits per heavy atom. The molecule has 4 rings (SSSR count). The molecule has 1 aliphatic heterocycles. The Balaban J connectivity index is 1.79. The molecule has 0 amide bonds. The van der Waals surface area contributed by atoms with Crippen molar-refractivity contribution in [2.45, 2.75) is 32.0 Å². The number of ether oxygens (including phenoxy) is 1. The molecule has 0 bridgehead atoms. The molecule has 0 N–H and O–H groups in total. The first kappa shape index (κ1) is 15.8. The summed E-state index contributed by atoms with van der Waals surface area (Å²) in [5.74, 6) is 0.0497. The van der Waals surface area contributed by atoms with Crippen LogP contribution in [0.15, 0.2) is 48.5 Å². The van der Waals surface area contributed by atoms with Gasteiger partial charge in [-0.05, 0) is 29.2 Å². The standard InChI is InChI=1S/C19H21NO3S/c1-14-6-2-3-8-16(14)13-20-19-17-9-5-4-7-15(17)12-18(19)23-10-11-24(20,21)22/h2-9,18-19H,10-13H2,1H3. The number of nitrogens with zero attached hydrogens (tertiary/aromatic N) is 1. The van der Waals surface area contributed by atoms with Crippen molar-refractivity contribution in [1.29, 1.82) is 0 Å². The number of aryl methyl sites for hydroxylation is 1. The number of rotatable bonds is 2. The summed E-state index contributed by atoms with van der Waals surface area (Å²) in [4.78, 5) is 0. The minimum absolute atomic E-state index is 0.0497. The summed E-state index contributed by atoms with van der Waals surface area (Å²) in [6, 6.07) is 15.8. The fraction of sp³-hybridized carbons (Fsp3) is 0.368. The molecule has 0 aromatic heterocycles. The van der Waals surface area contributed by atoms with Gasteiger partial charge in [0.15, 0.2) is 0 Å². The first-order valence-corrected chi connectivity index (χ1v) is 9.90. The Bertz CT molecular complexity index is 862. The maximum absolute atomic E-state index is 12.9. The Labute approximate surface area is 143 Å². The average molecular weight is 343 g/mol. The molecular formula is C19H21NO3S. The largest absolute Gasteiger partial charge is 0.375 e. The monoisotopic (exact) mass is 343 g/mol. The van der Waals surface area contributed by atoms with Crippen molar-refractivity contribution in [3.05, 3.63) is 70.8 Å². The topological polar surface area (TPSA) is 46.6 Å². The number of hydrogen-bond donors (Lipinski definition) is 0. The van der Waals surface area contributed by atoms with Gasteiger partial charge in [0.2, 0.25) is 10.0 Å². The van der Waals surface area contributed by atoms with Gasteiger partial charge in [0.25, 0.3) is 0 Å². The predicted molar refractivity (Wildman–Crippen MR) is 93.1 cm³/mol. The van der Waals surface area contributed by atoms with Crippen molar-refractivity contribution < 1.29 is 13.2 Å². The maximum atomic E-state index is 12.9. The Morgan fingerprint density at radius 2 is 1.88 bits per heavy atom. The molecular weight excluding hydrogens is 322 g/mol. The molecule has 5 heteroatoms. The van der Waals surface area contributed by atoms with Gasteiger partial charge >= 0.3 is 0 Å². The van der Waals surface area contributed by atoms with Crippen LogP contribution in [0.3, 0.4) is 0 Å². The third-order valence-corrected chi connectivity index (χ3v) is 6.83. The second-order valence-corrected chi connectivity index (χ2v) is 8.59. The van der Waals surface area contributed by atoms with E-state index in [0.717, 1.165) is 23.1 Å². The Morgan fingerprint density at radius 3 is 2.71 bits per heavy atom. The first-order valence-electron chi connectivity index (χ1n) is 8.30. The number of fused-ring (bicyclic) bond motifs is 3. The molecule has 2 atom stereocenters. The molecule has 0 radical (unpaired) electrons. The molecule has 4 nitrogen and oxygen atoms in total. The minimum atomic E-state index is -3.36. The third-order valence-electron chi connectivity index (χ3n) is 5.08. The van der Waals surface area contributed by atoms with E-state index in [9.17, 15) is 8.42 Å². The van der Waals surface area contributed by atoms with Crippen LogP contribution in [-0.4, -0.2) is 31.2 Å². The normalized spacial score (nSPS) is 25.7. The van der Waals surface area contributed by atoms with E-state index in [1.165, 1.54) is 5.56 Å². The Hall–Kier alpha value is -1.69. The lowest BCUT2D eigenvalue weighted by atomic mass is 10.1. The zero-order valence-electron chi connectivity index (χ0n) is 13.7. The van der Waals surface area contributed by atoms with Gasteiger partial charge < -0.3 is 4.74 Å². The van der Waals surface area contributed by atoms with E-state index in [1.54, 1.807) is 4.31 Å². The fourth-order valence-corrected chi connectivity index (χ4v) is 5.25. The van der Waals surface area contributed by atoms with Crippen LogP contribution in [0.4, 0.5) is 0 Å². The van der Waals surface area contributed by atoms with Gasteiger partial charge in [-0.15, -0.1) is 0 Å². The van der Waals surface area contributed by atoms with Gasteiger partial charge in [0, 0.05) is 13.0 Å². The highest BCUT2D eigenvalue weighted by molar-refractivity contribution is 7.89. The van der Waals surface area contributed by atoms with Crippen LogP contribution in [0.2, 0.25) is 0 Å². The van der Waals surface area contributed by atoms with E-state index in [0.29, 0.717) is 6.54 Å². The second kappa shape index (κ2) is 5.99. The molecule has 2 aliphatic rings. The summed E-state index contributed by atoms with van der Waals surface area (Å²) in [6.45, 7) is 2.69. The lowest BCUT2D eigenvalue weighted by molar-refractivity contribution is 0.0321. The molecule has 126 valence electrons. The third kappa shape index (κ3) is 2.66. The van der Waals surface area contributed by atoms with E-state index < -0.39 is 10.0 Å². The quantitative estimate of drug-likeness (QED) is 0.842. The Kier molecular flexibility index (Phi) is 3.95. The van der Waals surface area contributed by atoms with Crippen molar-refractivity contribution >= 4 is 10.0 Å². The molecule has 0 saturated carbocycles. The minimum Gasteiger partial charge on any atom is -0.375 e. The maximum Gasteiger partial charge on any atom is 0.217 e. The average Bonchev–Trinajstić information content (AvgIpc) is 2.86. The molecule has 1 saturated heterocycles.